The number of piperidine rings is 1. The van der Waals surface area contributed by atoms with Gasteiger partial charge in [0.05, 0.1) is 0 Å². The van der Waals surface area contributed by atoms with E-state index in [1.165, 1.54) is 31.5 Å². The first-order chi connectivity index (χ1) is 8.81. The Morgan fingerprint density at radius 2 is 1.84 bits per heavy atom. The van der Waals surface area contributed by atoms with Crippen molar-refractivity contribution in [1.29, 1.82) is 0 Å². The van der Waals surface area contributed by atoms with E-state index in [2.05, 4.69) is 63.0 Å². The van der Waals surface area contributed by atoms with E-state index in [1.807, 2.05) is 0 Å². The molecule has 0 atom stereocenters. The molecule has 0 aromatic heterocycles. The lowest BCUT2D eigenvalue weighted by Gasteiger charge is -2.37. The molecule has 1 aliphatic heterocycles. The van der Waals surface area contributed by atoms with Gasteiger partial charge < -0.3 is 10.2 Å². The fraction of sp³-hybridized carbons (Fsp3) is 0.875. The Labute approximate surface area is 120 Å². The highest BCUT2D eigenvalue weighted by molar-refractivity contribution is 4.96. The molecule has 1 heterocycles. The summed E-state index contributed by atoms with van der Waals surface area (Å²) in [5.74, 6) is 0. The van der Waals surface area contributed by atoms with Crippen LogP contribution in [0.3, 0.4) is 0 Å². The number of hydrogen-bond acceptors (Lipinski definition) is 3. The van der Waals surface area contributed by atoms with Gasteiger partial charge in [0.1, 0.15) is 0 Å². The first-order valence-corrected chi connectivity index (χ1v) is 7.58. The van der Waals surface area contributed by atoms with E-state index in [0.717, 1.165) is 13.1 Å². The van der Waals surface area contributed by atoms with Gasteiger partial charge in [-0.15, -0.1) is 0 Å². The zero-order valence-electron chi connectivity index (χ0n) is 13.8. The number of nitrogens with zero attached hydrogens (tertiary/aromatic N) is 2. The highest BCUT2D eigenvalue weighted by atomic mass is 15.2. The summed E-state index contributed by atoms with van der Waals surface area (Å²) in [4.78, 5) is 4.85. The molecule has 1 aliphatic rings. The average Bonchev–Trinajstić information content (AvgIpc) is 2.35. The maximum atomic E-state index is 3.74. The topological polar surface area (TPSA) is 18.5 Å². The molecule has 1 rings (SSSR count). The second-order valence-electron chi connectivity index (χ2n) is 6.94. The van der Waals surface area contributed by atoms with Gasteiger partial charge in [-0.25, -0.2) is 0 Å². The first kappa shape index (κ1) is 16.7. The number of nitrogens with one attached hydrogen (secondary N) is 1. The molecule has 0 aromatic carbocycles. The molecule has 0 aromatic rings. The number of rotatable bonds is 6. The van der Waals surface area contributed by atoms with Crippen molar-refractivity contribution in [1.82, 2.24) is 15.1 Å². The molecular weight excluding hydrogens is 234 g/mol. The molecule has 0 bridgehead atoms. The molecule has 112 valence electrons. The Morgan fingerprint density at radius 1 is 1.26 bits per heavy atom. The van der Waals surface area contributed by atoms with Gasteiger partial charge in [0.15, 0.2) is 0 Å². The van der Waals surface area contributed by atoms with Crippen molar-refractivity contribution in [3.63, 3.8) is 0 Å². The molecule has 0 radical (unpaired) electrons. The van der Waals surface area contributed by atoms with Crippen LogP contribution in [0.15, 0.2) is 11.6 Å². The Kier molecular flexibility index (Phi) is 6.51. The summed E-state index contributed by atoms with van der Waals surface area (Å²) >= 11 is 0. The Balaban J connectivity index is 2.25. The van der Waals surface area contributed by atoms with Gasteiger partial charge in [-0.3, -0.25) is 4.90 Å². The molecule has 19 heavy (non-hydrogen) atoms. The minimum Gasteiger partial charge on any atom is -0.312 e. The molecule has 0 amide bonds. The largest absolute Gasteiger partial charge is 0.312 e. The van der Waals surface area contributed by atoms with Gasteiger partial charge in [0, 0.05) is 24.7 Å². The molecule has 0 spiro atoms. The van der Waals surface area contributed by atoms with Gasteiger partial charge in [0.25, 0.3) is 0 Å². The zero-order chi connectivity index (χ0) is 14.5. The minimum atomic E-state index is 0.235. The lowest BCUT2D eigenvalue weighted by molar-refractivity contribution is 0.164. The van der Waals surface area contributed by atoms with Crippen molar-refractivity contribution in [3.05, 3.63) is 11.6 Å². The van der Waals surface area contributed by atoms with Crippen LogP contribution in [-0.4, -0.2) is 61.7 Å². The van der Waals surface area contributed by atoms with Crippen molar-refractivity contribution in [2.45, 2.75) is 52.1 Å². The number of allylic oxidation sites excluding steroid dienone is 1. The van der Waals surface area contributed by atoms with Crippen molar-refractivity contribution < 1.29 is 0 Å². The standard InChI is InChI=1S/C16H33N3/c1-14(2)7-10-19-11-8-15(9-12-19)17-13-16(3,4)18(5)6/h7,15,17H,8-13H2,1-6H3. The maximum absolute atomic E-state index is 3.74. The van der Waals surface area contributed by atoms with E-state index in [4.69, 9.17) is 0 Å². The highest BCUT2D eigenvalue weighted by Gasteiger charge is 2.23. The molecular formula is C16H33N3. The minimum absolute atomic E-state index is 0.235. The normalized spacial score (nSPS) is 18.9. The summed E-state index contributed by atoms with van der Waals surface area (Å²) in [7, 11) is 4.31. The molecule has 0 unspecified atom stereocenters. The number of likely N-dealkylation sites (tertiary alicyclic amines) is 1. The zero-order valence-corrected chi connectivity index (χ0v) is 13.8. The van der Waals surface area contributed by atoms with Crippen LogP contribution in [0.5, 0.6) is 0 Å². The predicted octanol–water partition coefficient (Wildman–Crippen LogP) is 2.35. The summed E-state index contributed by atoms with van der Waals surface area (Å²) in [6, 6.07) is 0.696. The monoisotopic (exact) mass is 267 g/mol. The molecule has 1 fully saturated rings. The van der Waals surface area contributed by atoms with Crippen LogP contribution in [0.1, 0.15) is 40.5 Å². The summed E-state index contributed by atoms with van der Waals surface area (Å²) in [5, 5.41) is 3.74. The van der Waals surface area contributed by atoms with E-state index in [1.54, 1.807) is 0 Å². The first-order valence-electron chi connectivity index (χ1n) is 7.58. The fourth-order valence-electron chi connectivity index (χ4n) is 2.18. The van der Waals surface area contributed by atoms with Crippen molar-refractivity contribution in [3.8, 4) is 0 Å². The third kappa shape index (κ3) is 6.07. The van der Waals surface area contributed by atoms with E-state index < -0.39 is 0 Å². The highest BCUT2D eigenvalue weighted by Crippen LogP contribution is 2.13. The Bertz CT molecular complexity index is 282. The third-order valence-electron chi connectivity index (χ3n) is 4.38. The van der Waals surface area contributed by atoms with Crippen molar-refractivity contribution >= 4 is 0 Å². The molecule has 1 saturated heterocycles. The van der Waals surface area contributed by atoms with Gasteiger partial charge in [-0.05, 0) is 67.7 Å². The van der Waals surface area contributed by atoms with E-state index in [-0.39, 0.29) is 5.54 Å². The van der Waals surface area contributed by atoms with Crippen LogP contribution in [0, 0.1) is 0 Å². The predicted molar refractivity (Wildman–Crippen MR) is 84.7 cm³/mol. The quantitative estimate of drug-likeness (QED) is 0.745. The SMILES string of the molecule is CC(C)=CCN1CCC(NCC(C)(C)N(C)C)CC1. The lowest BCUT2D eigenvalue weighted by Crippen LogP contribution is -2.51. The number of hydrogen-bond donors (Lipinski definition) is 1. The van der Waals surface area contributed by atoms with Gasteiger partial charge >= 0.3 is 0 Å². The second kappa shape index (κ2) is 7.41. The third-order valence-corrected chi connectivity index (χ3v) is 4.38. The smallest absolute Gasteiger partial charge is 0.0271 e. The molecule has 0 saturated carbocycles. The van der Waals surface area contributed by atoms with Crippen LogP contribution < -0.4 is 5.32 Å². The van der Waals surface area contributed by atoms with Crippen LogP contribution in [0.25, 0.3) is 0 Å². The van der Waals surface area contributed by atoms with Gasteiger partial charge in [-0.1, -0.05) is 11.6 Å². The van der Waals surface area contributed by atoms with E-state index in [9.17, 15) is 0 Å². The fourth-order valence-corrected chi connectivity index (χ4v) is 2.18. The van der Waals surface area contributed by atoms with Crippen LogP contribution in [0.2, 0.25) is 0 Å². The van der Waals surface area contributed by atoms with Gasteiger partial charge in [-0.2, -0.15) is 0 Å². The maximum Gasteiger partial charge on any atom is 0.0271 e. The van der Waals surface area contributed by atoms with Crippen molar-refractivity contribution in [2.75, 3.05) is 40.3 Å². The molecule has 0 aliphatic carbocycles. The number of likely N-dealkylation sites (N-methyl/N-ethyl adjacent to an activating group) is 1. The van der Waals surface area contributed by atoms with Crippen LogP contribution in [0.4, 0.5) is 0 Å². The summed E-state index contributed by atoms with van der Waals surface area (Å²) in [6.07, 6.45) is 4.89. The second-order valence-corrected chi connectivity index (χ2v) is 6.94. The molecule has 3 heteroatoms. The van der Waals surface area contributed by atoms with Crippen LogP contribution in [-0.2, 0) is 0 Å². The summed E-state index contributed by atoms with van der Waals surface area (Å²) in [6.45, 7) is 13.6. The lowest BCUT2D eigenvalue weighted by atomic mass is 10.0. The molecule has 3 nitrogen and oxygen atoms in total. The Hall–Kier alpha value is -0.380. The Morgan fingerprint density at radius 3 is 2.32 bits per heavy atom. The van der Waals surface area contributed by atoms with E-state index in [0.29, 0.717) is 6.04 Å². The van der Waals surface area contributed by atoms with Gasteiger partial charge in [0.2, 0.25) is 0 Å². The average molecular weight is 267 g/mol. The summed E-state index contributed by atoms with van der Waals surface area (Å²) < 4.78 is 0. The van der Waals surface area contributed by atoms with Crippen LogP contribution >= 0.6 is 0 Å². The summed E-state index contributed by atoms with van der Waals surface area (Å²) in [5.41, 5.74) is 1.66. The van der Waals surface area contributed by atoms with Crippen molar-refractivity contribution in [2.24, 2.45) is 0 Å². The molecule has 1 N–H and O–H groups in total. The van der Waals surface area contributed by atoms with E-state index >= 15 is 0 Å².